The third-order valence-electron chi connectivity index (χ3n) is 1.38. The highest BCUT2D eigenvalue weighted by Crippen LogP contribution is 2.24. The molecular formula is C8H6ClFO2. The summed E-state index contributed by atoms with van der Waals surface area (Å²) < 4.78 is 17.7. The Kier molecular flexibility index (Phi) is 2.65. The number of aldehydes is 1. The molecule has 0 unspecified atom stereocenters. The molecule has 1 aromatic rings. The van der Waals surface area contributed by atoms with Gasteiger partial charge in [-0.25, -0.2) is 4.39 Å². The maximum absolute atomic E-state index is 13.0. The summed E-state index contributed by atoms with van der Waals surface area (Å²) in [5.41, 5.74) is -0.0978. The molecule has 0 radical (unpaired) electrons. The molecule has 0 aliphatic heterocycles. The third-order valence-corrected chi connectivity index (χ3v) is 1.60. The van der Waals surface area contributed by atoms with E-state index in [4.69, 9.17) is 11.6 Å². The van der Waals surface area contributed by atoms with Gasteiger partial charge in [-0.15, -0.1) is 0 Å². The third kappa shape index (κ3) is 1.56. The van der Waals surface area contributed by atoms with Crippen LogP contribution in [0.25, 0.3) is 0 Å². The number of rotatable bonds is 2. The lowest BCUT2D eigenvalue weighted by molar-refractivity contribution is 0.111. The van der Waals surface area contributed by atoms with E-state index < -0.39 is 5.82 Å². The van der Waals surface area contributed by atoms with Crippen LogP contribution in [0.5, 0.6) is 5.75 Å². The fourth-order valence-corrected chi connectivity index (χ4v) is 1.04. The normalized spacial score (nSPS) is 9.58. The van der Waals surface area contributed by atoms with Crippen molar-refractivity contribution in [2.75, 3.05) is 7.11 Å². The molecule has 0 heterocycles. The Morgan fingerprint density at radius 2 is 2.25 bits per heavy atom. The molecule has 0 saturated carbocycles. The van der Waals surface area contributed by atoms with Crippen molar-refractivity contribution in [2.24, 2.45) is 0 Å². The van der Waals surface area contributed by atoms with Gasteiger partial charge in [0.1, 0.15) is 0 Å². The van der Waals surface area contributed by atoms with Crippen molar-refractivity contribution in [3.8, 4) is 5.75 Å². The van der Waals surface area contributed by atoms with Crippen molar-refractivity contribution < 1.29 is 13.9 Å². The molecule has 4 heteroatoms. The lowest BCUT2D eigenvalue weighted by Crippen LogP contribution is -1.93. The molecule has 12 heavy (non-hydrogen) atoms. The summed E-state index contributed by atoms with van der Waals surface area (Å²) in [6.07, 6.45) is 0.393. The first-order valence-electron chi connectivity index (χ1n) is 3.17. The van der Waals surface area contributed by atoms with Crippen molar-refractivity contribution in [2.45, 2.75) is 0 Å². The minimum atomic E-state index is -0.683. The quantitative estimate of drug-likeness (QED) is 0.666. The SMILES string of the molecule is COc1cc(Cl)cc(C=O)c1F. The molecule has 0 aromatic heterocycles. The van der Waals surface area contributed by atoms with Crippen molar-refractivity contribution >= 4 is 17.9 Å². The maximum atomic E-state index is 13.0. The summed E-state index contributed by atoms with van der Waals surface area (Å²) in [4.78, 5) is 10.3. The Balaban J connectivity index is 3.31. The van der Waals surface area contributed by atoms with Gasteiger partial charge in [-0.2, -0.15) is 0 Å². The number of methoxy groups -OCH3 is 1. The summed E-state index contributed by atoms with van der Waals surface area (Å²) in [7, 11) is 1.31. The molecule has 1 rings (SSSR count). The van der Waals surface area contributed by atoms with Crippen LogP contribution in [0.2, 0.25) is 5.02 Å². The standard InChI is InChI=1S/C8H6ClFO2/c1-12-7-3-6(9)2-5(4-11)8(7)10/h2-4H,1H3. The summed E-state index contributed by atoms with van der Waals surface area (Å²) in [6.45, 7) is 0. The molecule has 0 atom stereocenters. The number of ether oxygens (including phenoxy) is 1. The second-order valence-electron chi connectivity index (χ2n) is 2.13. The number of carbonyl (C=O) groups is 1. The van der Waals surface area contributed by atoms with Crippen LogP contribution in [0.15, 0.2) is 12.1 Å². The Morgan fingerprint density at radius 1 is 1.58 bits per heavy atom. The van der Waals surface area contributed by atoms with E-state index in [0.717, 1.165) is 0 Å². The molecule has 0 spiro atoms. The van der Waals surface area contributed by atoms with Crippen LogP contribution in [0.4, 0.5) is 4.39 Å². The highest BCUT2D eigenvalue weighted by Gasteiger charge is 2.09. The van der Waals surface area contributed by atoms with E-state index in [1.807, 2.05) is 0 Å². The molecule has 0 amide bonds. The smallest absolute Gasteiger partial charge is 0.175 e. The second kappa shape index (κ2) is 3.54. The molecule has 0 aliphatic carbocycles. The van der Waals surface area contributed by atoms with E-state index in [9.17, 15) is 9.18 Å². The first kappa shape index (κ1) is 9.00. The van der Waals surface area contributed by atoms with Crippen LogP contribution in [-0.4, -0.2) is 13.4 Å². The number of hydrogen-bond acceptors (Lipinski definition) is 2. The van der Waals surface area contributed by atoms with E-state index >= 15 is 0 Å². The summed E-state index contributed by atoms with van der Waals surface area (Å²) in [6, 6.07) is 2.55. The van der Waals surface area contributed by atoms with Crippen molar-refractivity contribution in [1.82, 2.24) is 0 Å². The minimum absolute atomic E-state index is 0.0235. The summed E-state index contributed by atoms with van der Waals surface area (Å²) >= 11 is 5.57. The monoisotopic (exact) mass is 188 g/mol. The molecule has 0 fully saturated rings. The van der Waals surface area contributed by atoms with Crippen LogP contribution in [0.3, 0.4) is 0 Å². The van der Waals surface area contributed by atoms with E-state index in [1.165, 1.54) is 19.2 Å². The largest absolute Gasteiger partial charge is 0.494 e. The lowest BCUT2D eigenvalue weighted by Gasteiger charge is -2.03. The topological polar surface area (TPSA) is 26.3 Å². The van der Waals surface area contributed by atoms with Gasteiger partial charge in [0.2, 0.25) is 0 Å². The molecule has 0 N–H and O–H groups in total. The molecular weight excluding hydrogens is 183 g/mol. The molecule has 0 aliphatic rings. The van der Waals surface area contributed by atoms with Crippen LogP contribution in [0, 0.1) is 5.82 Å². The van der Waals surface area contributed by atoms with Gasteiger partial charge < -0.3 is 4.74 Å². The first-order valence-corrected chi connectivity index (χ1v) is 3.55. The number of carbonyl (C=O) groups excluding carboxylic acids is 1. The average Bonchev–Trinajstić information content (AvgIpc) is 2.08. The predicted octanol–water partition coefficient (Wildman–Crippen LogP) is 2.30. The second-order valence-corrected chi connectivity index (χ2v) is 2.57. The van der Waals surface area contributed by atoms with Crippen molar-refractivity contribution in [1.29, 1.82) is 0 Å². The van der Waals surface area contributed by atoms with Crippen LogP contribution in [-0.2, 0) is 0 Å². The van der Waals surface area contributed by atoms with Gasteiger partial charge in [0.15, 0.2) is 17.9 Å². The lowest BCUT2D eigenvalue weighted by atomic mass is 10.2. The minimum Gasteiger partial charge on any atom is -0.494 e. The van der Waals surface area contributed by atoms with E-state index in [-0.39, 0.29) is 16.3 Å². The Labute approximate surface area is 73.9 Å². The average molecular weight is 189 g/mol. The fourth-order valence-electron chi connectivity index (χ4n) is 0.819. The first-order chi connectivity index (χ1) is 5.69. The Bertz CT molecular complexity index is 312. The predicted molar refractivity (Wildman–Crippen MR) is 43.3 cm³/mol. The van der Waals surface area contributed by atoms with E-state index in [0.29, 0.717) is 6.29 Å². The zero-order valence-corrected chi connectivity index (χ0v) is 7.06. The Morgan fingerprint density at radius 3 is 2.75 bits per heavy atom. The summed E-state index contributed by atoms with van der Waals surface area (Å²) in [5.74, 6) is -0.707. The number of benzene rings is 1. The van der Waals surface area contributed by atoms with Crippen LogP contribution in [0.1, 0.15) is 10.4 Å². The van der Waals surface area contributed by atoms with Crippen molar-refractivity contribution in [3.05, 3.63) is 28.5 Å². The zero-order valence-electron chi connectivity index (χ0n) is 6.30. The maximum Gasteiger partial charge on any atom is 0.175 e. The van der Waals surface area contributed by atoms with E-state index in [2.05, 4.69) is 4.74 Å². The van der Waals surface area contributed by atoms with Crippen LogP contribution < -0.4 is 4.74 Å². The van der Waals surface area contributed by atoms with Gasteiger partial charge in [-0.1, -0.05) is 11.6 Å². The van der Waals surface area contributed by atoms with Gasteiger partial charge in [-0.3, -0.25) is 4.79 Å². The number of hydrogen-bond donors (Lipinski definition) is 0. The van der Waals surface area contributed by atoms with Gasteiger partial charge in [0, 0.05) is 11.1 Å². The van der Waals surface area contributed by atoms with Crippen LogP contribution >= 0.6 is 11.6 Å². The molecule has 2 nitrogen and oxygen atoms in total. The molecule has 1 aromatic carbocycles. The number of halogens is 2. The van der Waals surface area contributed by atoms with Gasteiger partial charge >= 0.3 is 0 Å². The molecule has 0 saturated heterocycles. The summed E-state index contributed by atoms with van der Waals surface area (Å²) in [5, 5.41) is 0.273. The van der Waals surface area contributed by atoms with Crippen molar-refractivity contribution in [3.63, 3.8) is 0 Å². The highest BCUT2D eigenvalue weighted by atomic mass is 35.5. The zero-order chi connectivity index (χ0) is 9.14. The molecule has 0 bridgehead atoms. The molecule has 64 valence electrons. The highest BCUT2D eigenvalue weighted by molar-refractivity contribution is 6.31. The van der Waals surface area contributed by atoms with Gasteiger partial charge in [0.05, 0.1) is 12.7 Å². The van der Waals surface area contributed by atoms with Gasteiger partial charge in [0.25, 0.3) is 0 Å². The van der Waals surface area contributed by atoms with Gasteiger partial charge in [-0.05, 0) is 6.07 Å². The Hall–Kier alpha value is -1.09. The fraction of sp³-hybridized carbons (Fsp3) is 0.125. The van der Waals surface area contributed by atoms with E-state index in [1.54, 1.807) is 0 Å².